The van der Waals surface area contributed by atoms with Crippen molar-refractivity contribution < 1.29 is 19.1 Å². The van der Waals surface area contributed by atoms with E-state index in [0.29, 0.717) is 18.1 Å². The number of carbonyl (C=O) groups is 2. The zero-order chi connectivity index (χ0) is 25.7. The van der Waals surface area contributed by atoms with Gasteiger partial charge in [-0.05, 0) is 76.4 Å². The Morgan fingerprint density at radius 1 is 1.00 bits per heavy atom. The largest absolute Gasteiger partial charge is 0.482 e. The molecule has 4 rings (SSSR count). The lowest BCUT2D eigenvalue weighted by Gasteiger charge is -2.26. The minimum Gasteiger partial charge on any atom is -0.482 e. The lowest BCUT2D eigenvalue weighted by atomic mass is 10.0. The third kappa shape index (κ3) is 5.76. The van der Waals surface area contributed by atoms with Crippen LogP contribution >= 0.6 is 0 Å². The van der Waals surface area contributed by atoms with Crippen molar-refractivity contribution in [1.82, 2.24) is 20.2 Å². The van der Waals surface area contributed by atoms with Gasteiger partial charge in [0.15, 0.2) is 12.3 Å². The molecule has 0 saturated carbocycles. The lowest BCUT2D eigenvalue weighted by Crippen LogP contribution is -2.45. The van der Waals surface area contributed by atoms with E-state index < -0.39 is 5.97 Å². The summed E-state index contributed by atoms with van der Waals surface area (Å²) in [5, 5.41) is 6.78. The van der Waals surface area contributed by atoms with Crippen LogP contribution in [0.4, 0.5) is 0 Å². The molecule has 0 spiro atoms. The van der Waals surface area contributed by atoms with Crippen LogP contribution in [0.15, 0.2) is 42.5 Å². The fourth-order valence-electron chi connectivity index (χ4n) is 4.52. The van der Waals surface area contributed by atoms with Crippen LogP contribution in [-0.4, -0.2) is 53.0 Å². The van der Waals surface area contributed by atoms with Crippen LogP contribution in [0.5, 0.6) is 5.75 Å². The average Bonchev–Trinajstić information content (AvgIpc) is 3.20. The molecule has 190 valence electrons. The Morgan fingerprint density at radius 3 is 2.39 bits per heavy atom. The molecule has 1 aliphatic rings. The minimum absolute atomic E-state index is 0.145. The quantitative estimate of drug-likeness (QED) is 0.467. The molecule has 0 aliphatic carbocycles. The summed E-state index contributed by atoms with van der Waals surface area (Å²) in [5.41, 5.74) is 9.11. The second kappa shape index (κ2) is 11.4. The van der Waals surface area contributed by atoms with Crippen molar-refractivity contribution in [2.24, 2.45) is 0 Å². The minimum atomic E-state index is -0.408. The van der Waals surface area contributed by atoms with Gasteiger partial charge in [-0.2, -0.15) is 5.10 Å². The van der Waals surface area contributed by atoms with E-state index in [1.165, 1.54) is 6.42 Å². The zero-order valence-electron chi connectivity index (χ0n) is 21.5. The van der Waals surface area contributed by atoms with Crippen molar-refractivity contribution in [2.45, 2.75) is 47.0 Å². The summed E-state index contributed by atoms with van der Waals surface area (Å²) in [7, 11) is 0. The van der Waals surface area contributed by atoms with Crippen LogP contribution in [0.3, 0.4) is 0 Å². The van der Waals surface area contributed by atoms with Crippen LogP contribution in [0.25, 0.3) is 16.9 Å². The van der Waals surface area contributed by atoms with Crippen LogP contribution in [0.2, 0.25) is 0 Å². The maximum absolute atomic E-state index is 13.3. The summed E-state index contributed by atoms with van der Waals surface area (Å²) < 4.78 is 12.3. The highest BCUT2D eigenvalue weighted by Crippen LogP contribution is 2.31. The summed E-state index contributed by atoms with van der Waals surface area (Å²) in [6.45, 7) is 9.66. The SMILES string of the molecule is CCOC(=O)COc1ccc(-c2c(C)c(C(=O)NN3CCCCC3)nn2-c2ccc(C)cc2C)cc1. The van der Waals surface area contributed by atoms with Gasteiger partial charge < -0.3 is 9.47 Å². The van der Waals surface area contributed by atoms with Gasteiger partial charge >= 0.3 is 5.97 Å². The number of rotatable bonds is 8. The zero-order valence-corrected chi connectivity index (χ0v) is 21.5. The van der Waals surface area contributed by atoms with Gasteiger partial charge in [-0.3, -0.25) is 10.2 Å². The van der Waals surface area contributed by atoms with Gasteiger partial charge in [-0.1, -0.05) is 24.1 Å². The first kappa shape index (κ1) is 25.4. The number of nitrogens with one attached hydrogen (secondary N) is 1. The molecule has 36 heavy (non-hydrogen) atoms. The highest BCUT2D eigenvalue weighted by atomic mass is 16.6. The molecule has 2 aromatic carbocycles. The molecule has 1 fully saturated rings. The molecule has 0 atom stereocenters. The van der Waals surface area contributed by atoms with Crippen LogP contribution < -0.4 is 10.2 Å². The van der Waals surface area contributed by atoms with Gasteiger partial charge in [0, 0.05) is 24.2 Å². The van der Waals surface area contributed by atoms with E-state index >= 15 is 0 Å². The predicted molar refractivity (Wildman–Crippen MR) is 138 cm³/mol. The predicted octanol–water partition coefficient (Wildman–Crippen LogP) is 4.54. The molecule has 8 nitrogen and oxygen atoms in total. The molecule has 1 aromatic heterocycles. The topological polar surface area (TPSA) is 85.7 Å². The monoisotopic (exact) mass is 490 g/mol. The number of aryl methyl sites for hydroxylation is 2. The van der Waals surface area contributed by atoms with Gasteiger partial charge in [0.1, 0.15) is 5.75 Å². The molecule has 2 heterocycles. The van der Waals surface area contributed by atoms with Crippen molar-refractivity contribution in [2.75, 3.05) is 26.3 Å². The van der Waals surface area contributed by atoms with Crippen LogP contribution in [-0.2, 0) is 9.53 Å². The number of esters is 1. The van der Waals surface area contributed by atoms with E-state index in [1.807, 2.05) is 47.8 Å². The number of hydrogen-bond donors (Lipinski definition) is 1. The fourth-order valence-corrected chi connectivity index (χ4v) is 4.52. The fraction of sp³-hybridized carbons (Fsp3) is 0.393. The molecule has 3 aromatic rings. The lowest BCUT2D eigenvalue weighted by molar-refractivity contribution is -0.145. The van der Waals surface area contributed by atoms with Gasteiger partial charge in [0.05, 0.1) is 18.0 Å². The van der Waals surface area contributed by atoms with E-state index in [2.05, 4.69) is 18.4 Å². The summed E-state index contributed by atoms with van der Waals surface area (Å²) in [5.74, 6) is -0.0478. The molecular formula is C28H34N4O4. The molecule has 0 unspecified atom stereocenters. The van der Waals surface area contributed by atoms with Crippen molar-refractivity contribution in [3.63, 3.8) is 0 Å². The number of benzene rings is 2. The maximum Gasteiger partial charge on any atom is 0.344 e. The van der Waals surface area contributed by atoms with E-state index in [9.17, 15) is 9.59 Å². The summed E-state index contributed by atoms with van der Waals surface area (Å²) in [6, 6.07) is 13.6. The third-order valence-corrected chi connectivity index (χ3v) is 6.32. The molecule has 1 saturated heterocycles. The number of aromatic nitrogens is 2. The third-order valence-electron chi connectivity index (χ3n) is 6.32. The Hall–Kier alpha value is -3.65. The van der Waals surface area contributed by atoms with E-state index in [0.717, 1.165) is 59.6 Å². The first-order valence-corrected chi connectivity index (χ1v) is 12.5. The highest BCUT2D eigenvalue weighted by molar-refractivity contribution is 5.95. The smallest absolute Gasteiger partial charge is 0.344 e. The van der Waals surface area contributed by atoms with E-state index in [-0.39, 0.29) is 12.5 Å². The first-order chi connectivity index (χ1) is 17.4. The summed E-state index contributed by atoms with van der Waals surface area (Å²) in [4.78, 5) is 24.9. The standard InChI is InChI=1S/C28H34N4O4/c1-5-35-25(33)18-36-23-12-10-22(11-13-23)27-21(4)26(28(34)30-31-15-7-6-8-16-31)29-32(27)24-14-9-19(2)17-20(24)3/h9-14,17H,5-8,15-16,18H2,1-4H3,(H,30,34). The highest BCUT2D eigenvalue weighted by Gasteiger charge is 2.24. The molecule has 1 amide bonds. The Balaban J connectivity index is 1.68. The van der Waals surface area contributed by atoms with Gasteiger partial charge in [-0.15, -0.1) is 0 Å². The number of hydrogen-bond acceptors (Lipinski definition) is 6. The van der Waals surface area contributed by atoms with Crippen molar-refractivity contribution >= 4 is 11.9 Å². The van der Waals surface area contributed by atoms with Gasteiger partial charge in [-0.25, -0.2) is 14.5 Å². The van der Waals surface area contributed by atoms with E-state index in [4.69, 9.17) is 14.6 Å². The second-order valence-electron chi connectivity index (χ2n) is 9.13. The first-order valence-electron chi connectivity index (χ1n) is 12.5. The van der Waals surface area contributed by atoms with Crippen LogP contribution in [0.1, 0.15) is 53.4 Å². The molecule has 0 radical (unpaired) electrons. The van der Waals surface area contributed by atoms with Crippen molar-refractivity contribution in [3.8, 4) is 22.7 Å². The number of piperidine rings is 1. The summed E-state index contributed by atoms with van der Waals surface area (Å²) >= 11 is 0. The normalized spacial score (nSPS) is 13.9. The van der Waals surface area contributed by atoms with E-state index in [1.54, 1.807) is 19.1 Å². The Kier molecular flexibility index (Phi) is 8.05. The average molecular weight is 491 g/mol. The maximum atomic E-state index is 13.3. The Labute approximate surface area is 212 Å². The molecule has 8 heteroatoms. The van der Waals surface area contributed by atoms with Gasteiger partial charge in [0.25, 0.3) is 5.91 Å². The molecule has 1 aliphatic heterocycles. The van der Waals surface area contributed by atoms with Crippen LogP contribution in [0, 0.1) is 20.8 Å². The van der Waals surface area contributed by atoms with Gasteiger partial charge in [0.2, 0.25) is 0 Å². The second-order valence-corrected chi connectivity index (χ2v) is 9.13. The van der Waals surface area contributed by atoms with Crippen molar-refractivity contribution in [3.05, 3.63) is 64.8 Å². The summed E-state index contributed by atoms with van der Waals surface area (Å²) in [6.07, 6.45) is 3.34. The number of nitrogens with zero attached hydrogens (tertiary/aromatic N) is 3. The molecule has 1 N–H and O–H groups in total. The molecular weight excluding hydrogens is 456 g/mol. The Morgan fingerprint density at radius 2 is 1.72 bits per heavy atom. The molecule has 0 bridgehead atoms. The number of hydrazine groups is 1. The Bertz CT molecular complexity index is 1230. The number of amides is 1. The number of carbonyl (C=O) groups excluding carboxylic acids is 2. The number of ether oxygens (including phenoxy) is 2. The van der Waals surface area contributed by atoms with Crippen molar-refractivity contribution in [1.29, 1.82) is 0 Å².